The summed E-state index contributed by atoms with van der Waals surface area (Å²) in [5, 5.41) is 3.00. The van der Waals surface area contributed by atoms with Crippen molar-refractivity contribution < 1.29 is 28.5 Å². The van der Waals surface area contributed by atoms with E-state index >= 15 is 0 Å². The van der Waals surface area contributed by atoms with Gasteiger partial charge in [-0.1, -0.05) is 11.6 Å². The number of rotatable bonds is 8. The van der Waals surface area contributed by atoms with Gasteiger partial charge in [0.05, 0.1) is 19.9 Å². The molecule has 0 unspecified atom stereocenters. The Kier molecular flexibility index (Phi) is 7.11. The highest BCUT2D eigenvalue weighted by molar-refractivity contribution is 6.31. The molecule has 0 aliphatic rings. The Balaban J connectivity index is 1.77. The zero-order valence-electron chi connectivity index (χ0n) is 14.3. The minimum Gasteiger partial charge on any atom is -0.497 e. The van der Waals surface area contributed by atoms with Crippen molar-refractivity contribution >= 4 is 29.2 Å². The minimum atomic E-state index is -0.672. The van der Waals surface area contributed by atoms with Crippen LogP contribution in [-0.4, -0.2) is 39.3 Å². The van der Waals surface area contributed by atoms with E-state index in [2.05, 4.69) is 5.32 Å². The normalized spacial score (nSPS) is 9.96. The molecule has 0 radical (unpaired) electrons. The van der Waals surface area contributed by atoms with E-state index in [1.807, 2.05) is 0 Å². The van der Waals surface area contributed by atoms with Gasteiger partial charge in [-0.25, -0.2) is 4.79 Å². The van der Waals surface area contributed by atoms with E-state index in [-0.39, 0.29) is 6.61 Å². The topological polar surface area (TPSA) is 83.1 Å². The molecular formula is C18H18ClNO6. The van der Waals surface area contributed by atoms with E-state index < -0.39 is 18.5 Å². The molecular weight excluding hydrogens is 362 g/mol. The number of methoxy groups -OCH3 is 2. The Labute approximate surface area is 155 Å². The molecule has 1 N–H and O–H groups in total. The summed E-state index contributed by atoms with van der Waals surface area (Å²) in [5.74, 6) is 0.401. The van der Waals surface area contributed by atoms with Gasteiger partial charge in [0.25, 0.3) is 5.91 Å². The van der Waals surface area contributed by atoms with Crippen molar-refractivity contribution in [1.82, 2.24) is 0 Å². The fourth-order valence-corrected chi connectivity index (χ4v) is 2.14. The number of anilines is 1. The molecule has 0 aliphatic carbocycles. The second kappa shape index (κ2) is 9.53. The molecule has 0 aliphatic heterocycles. The molecule has 0 bridgehead atoms. The Morgan fingerprint density at radius 3 is 2.31 bits per heavy atom. The molecule has 2 aromatic rings. The van der Waals surface area contributed by atoms with Crippen molar-refractivity contribution in [1.29, 1.82) is 0 Å². The molecule has 0 fully saturated rings. The van der Waals surface area contributed by atoms with Crippen molar-refractivity contribution in [2.75, 3.05) is 32.8 Å². The average Bonchev–Trinajstić information content (AvgIpc) is 2.65. The first kappa shape index (κ1) is 19.4. The van der Waals surface area contributed by atoms with Gasteiger partial charge in [0.15, 0.2) is 13.2 Å². The molecule has 8 heteroatoms. The van der Waals surface area contributed by atoms with E-state index in [0.717, 1.165) is 0 Å². The van der Waals surface area contributed by atoms with Crippen LogP contribution in [0.3, 0.4) is 0 Å². The molecule has 2 rings (SSSR count). The summed E-state index contributed by atoms with van der Waals surface area (Å²) in [7, 11) is 3.02. The van der Waals surface area contributed by atoms with Crippen LogP contribution < -0.4 is 19.5 Å². The van der Waals surface area contributed by atoms with Crippen molar-refractivity contribution in [2.45, 2.75) is 0 Å². The Hall–Kier alpha value is -2.93. The summed E-state index contributed by atoms with van der Waals surface area (Å²) < 4.78 is 20.3. The quantitative estimate of drug-likeness (QED) is 0.710. The lowest BCUT2D eigenvalue weighted by Crippen LogP contribution is -2.23. The third kappa shape index (κ3) is 5.86. The van der Waals surface area contributed by atoms with Gasteiger partial charge in [0.2, 0.25) is 0 Å². The highest BCUT2D eigenvalue weighted by Crippen LogP contribution is 2.27. The van der Waals surface area contributed by atoms with Gasteiger partial charge in [0.1, 0.15) is 17.2 Å². The lowest BCUT2D eigenvalue weighted by atomic mass is 10.3. The molecule has 0 saturated carbocycles. The molecule has 138 valence electrons. The summed E-state index contributed by atoms with van der Waals surface area (Å²) in [4.78, 5) is 23.6. The number of ether oxygens (including phenoxy) is 4. The van der Waals surface area contributed by atoms with Gasteiger partial charge >= 0.3 is 5.97 Å². The number of nitrogens with one attached hydrogen (secondary N) is 1. The first-order valence-corrected chi connectivity index (χ1v) is 7.95. The largest absolute Gasteiger partial charge is 0.497 e. The molecule has 0 heterocycles. The van der Waals surface area contributed by atoms with E-state index in [9.17, 15) is 9.59 Å². The molecule has 0 atom stereocenters. The predicted molar refractivity (Wildman–Crippen MR) is 96.1 cm³/mol. The fourth-order valence-electron chi connectivity index (χ4n) is 1.97. The Bertz CT molecular complexity index is 763. The van der Waals surface area contributed by atoms with Crippen molar-refractivity contribution in [3.8, 4) is 17.2 Å². The van der Waals surface area contributed by atoms with Crippen LogP contribution in [0.15, 0.2) is 42.5 Å². The average molecular weight is 380 g/mol. The van der Waals surface area contributed by atoms with Gasteiger partial charge in [-0.05, 0) is 42.5 Å². The fraction of sp³-hybridized carbons (Fsp3) is 0.222. The van der Waals surface area contributed by atoms with E-state index in [4.69, 9.17) is 30.5 Å². The number of carbonyl (C=O) groups is 2. The molecule has 7 nitrogen and oxygen atoms in total. The first-order chi connectivity index (χ1) is 12.5. The van der Waals surface area contributed by atoms with E-state index in [1.54, 1.807) is 43.5 Å². The Morgan fingerprint density at radius 2 is 1.65 bits per heavy atom. The SMILES string of the molecule is COc1ccc(OCC(=O)OCC(=O)Nc2cc(Cl)ccc2OC)cc1. The summed E-state index contributed by atoms with van der Waals surface area (Å²) >= 11 is 5.89. The number of esters is 1. The van der Waals surface area contributed by atoms with E-state index in [0.29, 0.717) is 28.0 Å². The number of hydrogen-bond acceptors (Lipinski definition) is 6. The predicted octanol–water partition coefficient (Wildman–Crippen LogP) is 2.92. The minimum absolute atomic E-state index is 0.319. The van der Waals surface area contributed by atoms with Crippen molar-refractivity contribution in [3.05, 3.63) is 47.5 Å². The summed E-state index contributed by atoms with van der Waals surface area (Å²) in [6.07, 6.45) is 0. The van der Waals surface area contributed by atoms with Crippen LogP contribution in [-0.2, 0) is 14.3 Å². The highest BCUT2D eigenvalue weighted by atomic mass is 35.5. The van der Waals surface area contributed by atoms with Gasteiger partial charge in [-0.3, -0.25) is 4.79 Å². The number of amides is 1. The Morgan fingerprint density at radius 1 is 0.962 bits per heavy atom. The lowest BCUT2D eigenvalue weighted by molar-refractivity contribution is -0.149. The molecule has 0 aromatic heterocycles. The van der Waals surface area contributed by atoms with Crippen LogP contribution in [0.4, 0.5) is 5.69 Å². The maximum Gasteiger partial charge on any atom is 0.344 e. The van der Waals surface area contributed by atoms with Crippen LogP contribution in [0.1, 0.15) is 0 Å². The maximum atomic E-state index is 11.9. The molecule has 0 saturated heterocycles. The lowest BCUT2D eigenvalue weighted by Gasteiger charge is -2.11. The van der Waals surface area contributed by atoms with Gasteiger partial charge < -0.3 is 24.3 Å². The molecule has 2 aromatic carbocycles. The number of halogens is 1. The monoisotopic (exact) mass is 379 g/mol. The molecule has 1 amide bonds. The summed E-state index contributed by atoms with van der Waals surface area (Å²) in [6.45, 7) is -0.777. The third-order valence-electron chi connectivity index (χ3n) is 3.22. The number of hydrogen-bond donors (Lipinski definition) is 1. The number of benzene rings is 2. The van der Waals surface area contributed by atoms with E-state index in [1.165, 1.54) is 13.2 Å². The van der Waals surface area contributed by atoms with Crippen molar-refractivity contribution in [3.63, 3.8) is 0 Å². The standard InChI is InChI=1S/C18H18ClNO6/c1-23-13-4-6-14(7-5-13)25-11-18(22)26-10-17(21)20-15-9-12(19)3-8-16(15)24-2/h3-9H,10-11H2,1-2H3,(H,20,21). The first-order valence-electron chi connectivity index (χ1n) is 7.57. The second-order valence-corrected chi connectivity index (χ2v) is 5.45. The van der Waals surface area contributed by atoms with Crippen LogP contribution in [0.2, 0.25) is 5.02 Å². The van der Waals surface area contributed by atoms with Crippen LogP contribution in [0.25, 0.3) is 0 Å². The maximum absolute atomic E-state index is 11.9. The number of carbonyl (C=O) groups excluding carboxylic acids is 2. The summed E-state index contributed by atoms with van der Waals surface area (Å²) in [5.41, 5.74) is 0.385. The van der Waals surface area contributed by atoms with Crippen LogP contribution >= 0.6 is 11.6 Å². The van der Waals surface area contributed by atoms with Gasteiger partial charge in [-0.15, -0.1) is 0 Å². The summed E-state index contributed by atoms with van der Waals surface area (Å²) in [6, 6.07) is 11.5. The van der Waals surface area contributed by atoms with Crippen LogP contribution in [0, 0.1) is 0 Å². The molecule has 0 spiro atoms. The second-order valence-electron chi connectivity index (χ2n) is 5.02. The zero-order valence-corrected chi connectivity index (χ0v) is 15.0. The molecule has 26 heavy (non-hydrogen) atoms. The van der Waals surface area contributed by atoms with Gasteiger partial charge in [0, 0.05) is 5.02 Å². The third-order valence-corrected chi connectivity index (χ3v) is 3.45. The zero-order chi connectivity index (χ0) is 18.9. The van der Waals surface area contributed by atoms with Gasteiger partial charge in [-0.2, -0.15) is 0 Å². The van der Waals surface area contributed by atoms with Crippen molar-refractivity contribution in [2.24, 2.45) is 0 Å². The van der Waals surface area contributed by atoms with Crippen LogP contribution in [0.5, 0.6) is 17.2 Å². The highest BCUT2D eigenvalue weighted by Gasteiger charge is 2.11. The smallest absolute Gasteiger partial charge is 0.344 e.